The number of esters is 1. The molecule has 8 nitrogen and oxygen atoms in total. The predicted molar refractivity (Wildman–Crippen MR) is 119 cm³/mol. The number of methoxy groups -OCH3 is 1. The van der Waals surface area contributed by atoms with E-state index in [9.17, 15) is 19.2 Å². The second-order valence-corrected chi connectivity index (χ2v) is 8.45. The van der Waals surface area contributed by atoms with Gasteiger partial charge in [0.25, 0.3) is 12.4 Å². The van der Waals surface area contributed by atoms with Gasteiger partial charge in [0.2, 0.25) is 5.91 Å². The first kappa shape index (κ1) is 26.5. The van der Waals surface area contributed by atoms with E-state index in [0.717, 1.165) is 5.56 Å². The van der Waals surface area contributed by atoms with Gasteiger partial charge in [0, 0.05) is 12.8 Å². The Morgan fingerprint density at radius 3 is 2.26 bits per heavy atom. The number of carbonyl (C=O) groups is 4. The summed E-state index contributed by atoms with van der Waals surface area (Å²) < 4.78 is 9.74. The monoisotopic (exact) mass is 452 g/mol. The van der Waals surface area contributed by atoms with E-state index in [2.05, 4.69) is 10.6 Å². The van der Waals surface area contributed by atoms with Gasteiger partial charge in [-0.1, -0.05) is 44.2 Å². The second kappa shape index (κ2) is 14.5. The van der Waals surface area contributed by atoms with E-state index in [1.165, 1.54) is 18.9 Å². The van der Waals surface area contributed by atoms with E-state index in [4.69, 9.17) is 9.47 Å². The summed E-state index contributed by atoms with van der Waals surface area (Å²) in [4.78, 5) is 48.6. The van der Waals surface area contributed by atoms with E-state index in [-0.39, 0.29) is 18.8 Å². The molecule has 0 radical (unpaired) electrons. The van der Waals surface area contributed by atoms with Crippen LogP contribution in [0.3, 0.4) is 0 Å². The summed E-state index contributed by atoms with van der Waals surface area (Å²) in [6, 6.07) is 7.46. The van der Waals surface area contributed by atoms with E-state index >= 15 is 0 Å². The van der Waals surface area contributed by atoms with Crippen molar-refractivity contribution in [3.8, 4) is 0 Å². The fourth-order valence-electron chi connectivity index (χ4n) is 2.98. The van der Waals surface area contributed by atoms with Crippen LogP contribution in [0.2, 0.25) is 0 Å². The van der Waals surface area contributed by atoms with E-state index in [1.807, 2.05) is 50.4 Å². The van der Waals surface area contributed by atoms with Gasteiger partial charge in [-0.2, -0.15) is 11.8 Å². The molecule has 1 rings (SSSR count). The number of carbonyl (C=O) groups excluding carboxylic acids is 4. The molecule has 9 heteroatoms. The van der Waals surface area contributed by atoms with Gasteiger partial charge >= 0.3 is 5.97 Å². The highest BCUT2D eigenvalue weighted by Gasteiger charge is 2.30. The van der Waals surface area contributed by atoms with Gasteiger partial charge in [-0.15, -0.1) is 0 Å². The smallest absolute Gasteiger partial charge is 0.328 e. The molecule has 0 aliphatic carbocycles. The van der Waals surface area contributed by atoms with Gasteiger partial charge in [-0.25, -0.2) is 4.79 Å². The van der Waals surface area contributed by atoms with Crippen molar-refractivity contribution in [2.75, 3.05) is 19.1 Å². The zero-order valence-corrected chi connectivity index (χ0v) is 19.3. The Labute approximate surface area is 187 Å². The van der Waals surface area contributed by atoms with E-state index in [1.54, 1.807) is 0 Å². The summed E-state index contributed by atoms with van der Waals surface area (Å²) in [5, 5.41) is 5.37. The SMILES string of the molecule is COC(=O)C(Cc1ccccc1)NC(=O)C(CC(C)C)NC(=O)C(CCSC)OC=O. The van der Waals surface area contributed by atoms with Gasteiger partial charge in [0.1, 0.15) is 12.1 Å². The van der Waals surface area contributed by atoms with Crippen molar-refractivity contribution in [1.82, 2.24) is 10.6 Å². The van der Waals surface area contributed by atoms with E-state index < -0.39 is 36.0 Å². The van der Waals surface area contributed by atoms with Crippen molar-refractivity contribution in [2.45, 2.75) is 51.3 Å². The molecule has 0 heterocycles. The summed E-state index contributed by atoms with van der Waals surface area (Å²) in [5.74, 6) is -0.899. The molecular formula is C22H32N2O6S. The third kappa shape index (κ3) is 9.87. The number of nitrogens with one attached hydrogen (secondary N) is 2. The third-order valence-electron chi connectivity index (χ3n) is 4.52. The van der Waals surface area contributed by atoms with Crippen LogP contribution in [0.5, 0.6) is 0 Å². The van der Waals surface area contributed by atoms with Gasteiger partial charge in [0.15, 0.2) is 6.10 Å². The minimum Gasteiger partial charge on any atom is -0.467 e. The highest BCUT2D eigenvalue weighted by Crippen LogP contribution is 2.10. The molecule has 1 aromatic carbocycles. The van der Waals surface area contributed by atoms with Crippen LogP contribution < -0.4 is 10.6 Å². The van der Waals surface area contributed by atoms with Crippen molar-refractivity contribution in [2.24, 2.45) is 5.92 Å². The molecule has 0 spiro atoms. The van der Waals surface area contributed by atoms with Crippen molar-refractivity contribution in [1.29, 1.82) is 0 Å². The van der Waals surface area contributed by atoms with Crippen LogP contribution in [0.25, 0.3) is 0 Å². The number of benzene rings is 1. The number of hydrogen-bond acceptors (Lipinski definition) is 7. The first-order valence-electron chi connectivity index (χ1n) is 10.1. The zero-order valence-electron chi connectivity index (χ0n) is 18.5. The molecule has 3 atom stereocenters. The molecule has 0 aliphatic heterocycles. The second-order valence-electron chi connectivity index (χ2n) is 7.47. The van der Waals surface area contributed by atoms with Crippen LogP contribution in [-0.2, 0) is 35.1 Å². The average molecular weight is 453 g/mol. The molecular weight excluding hydrogens is 420 g/mol. The molecule has 3 unspecified atom stereocenters. The largest absolute Gasteiger partial charge is 0.467 e. The van der Waals surface area contributed by atoms with Gasteiger partial charge < -0.3 is 20.1 Å². The lowest BCUT2D eigenvalue weighted by atomic mass is 10.0. The Balaban J connectivity index is 2.93. The normalized spacial score (nSPS) is 13.6. The molecule has 0 saturated heterocycles. The van der Waals surface area contributed by atoms with Crippen LogP contribution in [0, 0.1) is 5.92 Å². The Morgan fingerprint density at radius 1 is 1.06 bits per heavy atom. The Hall–Kier alpha value is -2.55. The van der Waals surface area contributed by atoms with Gasteiger partial charge in [-0.3, -0.25) is 14.4 Å². The number of ether oxygens (including phenoxy) is 2. The lowest BCUT2D eigenvalue weighted by molar-refractivity contribution is -0.147. The lowest BCUT2D eigenvalue weighted by Gasteiger charge is -2.25. The summed E-state index contributed by atoms with van der Waals surface area (Å²) in [6.07, 6.45) is 1.85. The molecule has 1 aromatic rings. The quantitative estimate of drug-likeness (QED) is 0.327. The van der Waals surface area contributed by atoms with Crippen LogP contribution in [0.4, 0.5) is 0 Å². The van der Waals surface area contributed by atoms with Crippen molar-refractivity contribution in [3.63, 3.8) is 0 Å². The fraction of sp³-hybridized carbons (Fsp3) is 0.545. The maximum absolute atomic E-state index is 13.0. The Kier molecular flexibility index (Phi) is 12.3. The minimum absolute atomic E-state index is 0.0957. The Bertz CT molecular complexity index is 713. The maximum Gasteiger partial charge on any atom is 0.328 e. The van der Waals surface area contributed by atoms with Crippen LogP contribution in [-0.4, -0.2) is 61.6 Å². The maximum atomic E-state index is 13.0. The molecule has 31 heavy (non-hydrogen) atoms. The fourth-order valence-corrected chi connectivity index (χ4v) is 3.43. The number of hydrogen-bond donors (Lipinski definition) is 2. The summed E-state index contributed by atoms with van der Waals surface area (Å²) >= 11 is 1.52. The molecule has 0 fully saturated rings. The number of rotatable bonds is 14. The van der Waals surface area contributed by atoms with Crippen molar-refractivity contribution in [3.05, 3.63) is 35.9 Å². The Morgan fingerprint density at radius 2 is 1.71 bits per heavy atom. The van der Waals surface area contributed by atoms with Crippen LogP contribution in [0.1, 0.15) is 32.3 Å². The minimum atomic E-state index is -0.979. The number of amides is 2. The zero-order chi connectivity index (χ0) is 23.2. The van der Waals surface area contributed by atoms with Gasteiger partial charge in [-0.05, 0) is 29.9 Å². The third-order valence-corrected chi connectivity index (χ3v) is 5.17. The highest BCUT2D eigenvalue weighted by molar-refractivity contribution is 7.98. The molecule has 172 valence electrons. The first-order valence-corrected chi connectivity index (χ1v) is 11.5. The highest BCUT2D eigenvalue weighted by atomic mass is 32.2. The average Bonchev–Trinajstić information content (AvgIpc) is 2.75. The number of thioether (sulfide) groups is 1. The molecule has 0 saturated carbocycles. The topological polar surface area (TPSA) is 111 Å². The van der Waals surface area contributed by atoms with Crippen LogP contribution >= 0.6 is 11.8 Å². The molecule has 0 bridgehead atoms. The standard InChI is InChI=1S/C22H32N2O6S/c1-15(2)12-17(23-21(27)19(30-14-25)10-11-31-4)20(26)24-18(22(28)29-3)13-16-8-6-5-7-9-16/h5-9,14-15,17-19H,10-13H2,1-4H3,(H,23,27)(H,24,26). The summed E-state index contributed by atoms with van der Waals surface area (Å²) in [5.41, 5.74) is 0.860. The van der Waals surface area contributed by atoms with Crippen molar-refractivity contribution >= 4 is 36.0 Å². The van der Waals surface area contributed by atoms with Crippen LogP contribution in [0.15, 0.2) is 30.3 Å². The van der Waals surface area contributed by atoms with Gasteiger partial charge in [0.05, 0.1) is 7.11 Å². The molecule has 2 amide bonds. The predicted octanol–water partition coefficient (Wildman–Crippen LogP) is 1.71. The summed E-state index contributed by atoms with van der Waals surface area (Å²) in [7, 11) is 1.26. The molecule has 0 aliphatic rings. The molecule has 0 aromatic heterocycles. The summed E-state index contributed by atoms with van der Waals surface area (Å²) in [6.45, 7) is 4.07. The molecule has 2 N–H and O–H groups in total. The van der Waals surface area contributed by atoms with Crippen molar-refractivity contribution < 1.29 is 28.7 Å². The lowest BCUT2D eigenvalue weighted by Crippen LogP contribution is -2.54. The van der Waals surface area contributed by atoms with E-state index in [0.29, 0.717) is 18.6 Å². The first-order chi connectivity index (χ1) is 14.8.